The van der Waals surface area contributed by atoms with Crippen LogP contribution in [0.2, 0.25) is 0 Å². The second kappa shape index (κ2) is 6.75. The number of rotatable bonds is 7. The summed E-state index contributed by atoms with van der Waals surface area (Å²) in [5, 5.41) is 3.59. The van der Waals surface area contributed by atoms with Gasteiger partial charge in [-0.2, -0.15) is 0 Å². The van der Waals surface area contributed by atoms with Gasteiger partial charge in [0.25, 0.3) is 0 Å². The van der Waals surface area contributed by atoms with Gasteiger partial charge in [0.2, 0.25) is 0 Å². The number of nitrogens with one attached hydrogen (secondary N) is 1. The van der Waals surface area contributed by atoms with Crippen LogP contribution < -0.4 is 5.32 Å². The topological polar surface area (TPSA) is 15.3 Å². The SMILES string of the molecule is C#CCN(C)Cc1ccc(C(C)CNC2CC2)cc1. The lowest BCUT2D eigenvalue weighted by atomic mass is 9.99. The highest BCUT2D eigenvalue weighted by Gasteiger charge is 2.21. The molecule has 0 radical (unpaired) electrons. The molecule has 1 N–H and O–H groups in total. The second-order valence-electron chi connectivity index (χ2n) is 5.70. The van der Waals surface area contributed by atoms with Gasteiger partial charge in [-0.1, -0.05) is 37.1 Å². The van der Waals surface area contributed by atoms with Crippen molar-refractivity contribution in [1.29, 1.82) is 0 Å². The minimum Gasteiger partial charge on any atom is -0.313 e. The van der Waals surface area contributed by atoms with E-state index < -0.39 is 0 Å². The van der Waals surface area contributed by atoms with Crippen molar-refractivity contribution in [3.8, 4) is 12.3 Å². The summed E-state index contributed by atoms with van der Waals surface area (Å²) in [5.74, 6) is 3.25. The molecule has 2 nitrogen and oxygen atoms in total. The molecule has 1 aliphatic rings. The van der Waals surface area contributed by atoms with Crippen LogP contribution in [-0.4, -0.2) is 31.1 Å². The molecule has 1 aromatic carbocycles. The maximum atomic E-state index is 5.31. The Morgan fingerprint density at radius 3 is 2.63 bits per heavy atom. The fraction of sp³-hybridized carbons (Fsp3) is 0.529. The normalized spacial score (nSPS) is 16.3. The molecule has 1 unspecified atom stereocenters. The summed E-state index contributed by atoms with van der Waals surface area (Å²) >= 11 is 0. The van der Waals surface area contributed by atoms with E-state index in [0.717, 1.165) is 19.1 Å². The molecule has 1 aromatic rings. The molecule has 0 heterocycles. The Labute approximate surface area is 117 Å². The summed E-state index contributed by atoms with van der Waals surface area (Å²) in [6.45, 7) is 4.98. The molecular formula is C17H24N2. The molecule has 0 bridgehead atoms. The first-order valence-electron chi connectivity index (χ1n) is 7.13. The smallest absolute Gasteiger partial charge is 0.0599 e. The van der Waals surface area contributed by atoms with Crippen molar-refractivity contribution in [3.05, 3.63) is 35.4 Å². The van der Waals surface area contributed by atoms with Gasteiger partial charge in [0.1, 0.15) is 0 Å². The van der Waals surface area contributed by atoms with E-state index in [4.69, 9.17) is 6.42 Å². The quantitative estimate of drug-likeness (QED) is 0.754. The molecule has 0 saturated heterocycles. The Bertz CT molecular complexity index is 426. The van der Waals surface area contributed by atoms with Crippen LogP contribution in [0, 0.1) is 12.3 Å². The van der Waals surface area contributed by atoms with Crippen LogP contribution in [0.3, 0.4) is 0 Å². The maximum absolute atomic E-state index is 5.31. The number of benzene rings is 1. The van der Waals surface area contributed by atoms with Crippen molar-refractivity contribution in [1.82, 2.24) is 10.2 Å². The molecule has 102 valence electrons. The Morgan fingerprint density at radius 1 is 1.37 bits per heavy atom. The molecule has 1 saturated carbocycles. The summed E-state index contributed by atoms with van der Waals surface area (Å²) in [6.07, 6.45) is 8.02. The number of terminal acetylenes is 1. The van der Waals surface area contributed by atoms with Gasteiger partial charge in [-0.25, -0.2) is 0 Å². The average Bonchev–Trinajstić information content (AvgIpc) is 3.21. The largest absolute Gasteiger partial charge is 0.313 e. The number of hydrogen-bond acceptors (Lipinski definition) is 2. The molecule has 1 fully saturated rings. The van der Waals surface area contributed by atoms with E-state index in [-0.39, 0.29) is 0 Å². The molecule has 1 aliphatic carbocycles. The van der Waals surface area contributed by atoms with Crippen LogP contribution in [0.4, 0.5) is 0 Å². The van der Waals surface area contributed by atoms with Gasteiger partial charge < -0.3 is 5.32 Å². The highest BCUT2D eigenvalue weighted by atomic mass is 15.1. The Balaban J connectivity index is 1.84. The lowest BCUT2D eigenvalue weighted by Crippen LogP contribution is -2.22. The first-order chi connectivity index (χ1) is 9.19. The van der Waals surface area contributed by atoms with Crippen LogP contribution in [0.25, 0.3) is 0 Å². The van der Waals surface area contributed by atoms with Gasteiger partial charge >= 0.3 is 0 Å². The highest BCUT2D eigenvalue weighted by molar-refractivity contribution is 5.25. The van der Waals surface area contributed by atoms with Crippen molar-refractivity contribution in [3.63, 3.8) is 0 Å². The van der Waals surface area contributed by atoms with Gasteiger partial charge in [0, 0.05) is 19.1 Å². The van der Waals surface area contributed by atoms with Gasteiger partial charge in [0.15, 0.2) is 0 Å². The molecule has 0 amide bonds. The predicted octanol–water partition coefficient (Wildman–Crippen LogP) is 2.61. The first-order valence-corrected chi connectivity index (χ1v) is 7.13. The molecule has 19 heavy (non-hydrogen) atoms. The third-order valence-corrected chi connectivity index (χ3v) is 3.65. The van der Waals surface area contributed by atoms with E-state index in [9.17, 15) is 0 Å². The van der Waals surface area contributed by atoms with Crippen LogP contribution in [0.15, 0.2) is 24.3 Å². The van der Waals surface area contributed by atoms with E-state index in [0.29, 0.717) is 12.5 Å². The van der Waals surface area contributed by atoms with Crippen molar-refractivity contribution in [2.45, 2.75) is 38.3 Å². The lowest BCUT2D eigenvalue weighted by molar-refractivity contribution is 0.369. The van der Waals surface area contributed by atoms with Crippen LogP contribution >= 0.6 is 0 Å². The van der Waals surface area contributed by atoms with Crippen molar-refractivity contribution in [2.24, 2.45) is 0 Å². The minimum atomic E-state index is 0.582. The van der Waals surface area contributed by atoms with Crippen molar-refractivity contribution >= 4 is 0 Å². The first kappa shape index (κ1) is 14.1. The predicted molar refractivity (Wildman–Crippen MR) is 81.0 cm³/mol. The fourth-order valence-corrected chi connectivity index (χ4v) is 2.22. The van der Waals surface area contributed by atoms with E-state index >= 15 is 0 Å². The van der Waals surface area contributed by atoms with E-state index in [1.54, 1.807) is 0 Å². The molecule has 0 aliphatic heterocycles. The van der Waals surface area contributed by atoms with Crippen LogP contribution in [-0.2, 0) is 6.54 Å². The fourth-order valence-electron chi connectivity index (χ4n) is 2.22. The summed E-state index contributed by atoms with van der Waals surface area (Å²) in [6, 6.07) is 9.72. The maximum Gasteiger partial charge on any atom is 0.0599 e. The summed E-state index contributed by atoms with van der Waals surface area (Å²) in [5.41, 5.74) is 2.74. The third kappa shape index (κ3) is 4.70. The zero-order valence-corrected chi connectivity index (χ0v) is 12.0. The van der Waals surface area contributed by atoms with Gasteiger partial charge in [-0.05, 0) is 36.9 Å². The third-order valence-electron chi connectivity index (χ3n) is 3.65. The van der Waals surface area contributed by atoms with Crippen molar-refractivity contribution in [2.75, 3.05) is 20.1 Å². The highest BCUT2D eigenvalue weighted by Crippen LogP contribution is 2.21. The molecule has 0 aromatic heterocycles. The summed E-state index contributed by atoms with van der Waals surface area (Å²) in [4.78, 5) is 2.15. The molecule has 2 rings (SSSR count). The summed E-state index contributed by atoms with van der Waals surface area (Å²) in [7, 11) is 2.05. The van der Waals surface area contributed by atoms with Gasteiger partial charge in [0.05, 0.1) is 6.54 Å². The Kier molecular flexibility index (Phi) is 5.01. The number of nitrogens with zero attached hydrogens (tertiary/aromatic N) is 1. The molecule has 1 atom stereocenters. The standard InChI is InChI=1S/C17H24N2/c1-4-11-19(3)13-15-5-7-16(8-6-15)14(2)12-18-17-9-10-17/h1,5-8,14,17-18H,9-13H2,2-3H3. The number of hydrogen-bond donors (Lipinski definition) is 1. The van der Waals surface area contributed by atoms with E-state index in [1.807, 2.05) is 0 Å². The zero-order chi connectivity index (χ0) is 13.7. The van der Waals surface area contributed by atoms with Gasteiger partial charge in [-0.15, -0.1) is 6.42 Å². The molecule has 0 spiro atoms. The summed E-state index contributed by atoms with van der Waals surface area (Å²) < 4.78 is 0. The van der Waals surface area contributed by atoms with Crippen LogP contribution in [0.1, 0.15) is 36.8 Å². The zero-order valence-electron chi connectivity index (χ0n) is 12.0. The monoisotopic (exact) mass is 256 g/mol. The Morgan fingerprint density at radius 2 is 2.05 bits per heavy atom. The molecule has 2 heteroatoms. The minimum absolute atomic E-state index is 0.582. The second-order valence-corrected chi connectivity index (χ2v) is 5.70. The Hall–Kier alpha value is -1.30. The van der Waals surface area contributed by atoms with Crippen molar-refractivity contribution < 1.29 is 0 Å². The average molecular weight is 256 g/mol. The lowest BCUT2D eigenvalue weighted by Gasteiger charge is -2.16. The van der Waals surface area contributed by atoms with Crippen LogP contribution in [0.5, 0.6) is 0 Å². The van der Waals surface area contributed by atoms with Gasteiger partial charge in [-0.3, -0.25) is 4.90 Å². The molecular weight excluding hydrogens is 232 g/mol. The van der Waals surface area contributed by atoms with E-state index in [1.165, 1.54) is 24.0 Å². The van der Waals surface area contributed by atoms with E-state index in [2.05, 4.69) is 54.4 Å².